The van der Waals surface area contributed by atoms with E-state index in [0.717, 1.165) is 5.56 Å². The number of rotatable bonds is 6. The second kappa shape index (κ2) is 6.34. The van der Waals surface area contributed by atoms with Gasteiger partial charge in [0.25, 0.3) is 0 Å². The fourth-order valence-corrected chi connectivity index (χ4v) is 2.79. The summed E-state index contributed by atoms with van der Waals surface area (Å²) in [6, 6.07) is 6.33. The molecular weight excluding hydrogens is 278 g/mol. The van der Waals surface area contributed by atoms with Crippen molar-refractivity contribution < 1.29 is 13.2 Å². The van der Waals surface area contributed by atoms with E-state index in [4.69, 9.17) is 5.73 Å². The molecule has 1 amide bonds. The molecule has 1 aromatic carbocycles. The molecule has 0 saturated heterocycles. The van der Waals surface area contributed by atoms with Crippen LogP contribution in [0.1, 0.15) is 19.4 Å². The van der Waals surface area contributed by atoms with E-state index in [1.54, 1.807) is 26.0 Å². The quantitative estimate of drug-likeness (QED) is 0.698. The lowest BCUT2D eigenvalue weighted by Crippen LogP contribution is -2.43. The second-order valence-electron chi connectivity index (χ2n) is 5.14. The molecule has 0 aliphatic heterocycles. The number of carbonyl (C=O) groups is 1. The van der Waals surface area contributed by atoms with Crippen LogP contribution in [-0.4, -0.2) is 27.9 Å². The average molecular weight is 299 g/mol. The Hall–Kier alpha value is -1.44. The number of hydrogen-bond acceptors (Lipinski definition) is 4. The van der Waals surface area contributed by atoms with Crippen molar-refractivity contribution >= 4 is 15.9 Å². The molecule has 0 aromatic heterocycles. The van der Waals surface area contributed by atoms with Crippen LogP contribution < -0.4 is 15.8 Å². The van der Waals surface area contributed by atoms with Gasteiger partial charge in [-0.2, -0.15) is 0 Å². The Labute approximate surface area is 119 Å². The summed E-state index contributed by atoms with van der Waals surface area (Å²) in [7, 11) is -2.11. The van der Waals surface area contributed by atoms with E-state index in [0.29, 0.717) is 6.54 Å². The Kier molecular flexibility index (Phi) is 5.27. The van der Waals surface area contributed by atoms with Gasteiger partial charge in [-0.15, -0.1) is 0 Å². The predicted octanol–water partition coefficient (Wildman–Crippen LogP) is 0.196. The highest BCUT2D eigenvalue weighted by molar-refractivity contribution is 7.89. The van der Waals surface area contributed by atoms with Crippen molar-refractivity contribution in [3.8, 4) is 0 Å². The minimum atomic E-state index is -3.63. The first-order valence-corrected chi connectivity index (χ1v) is 7.72. The highest BCUT2D eigenvalue weighted by Crippen LogP contribution is 2.16. The molecule has 0 fully saturated rings. The van der Waals surface area contributed by atoms with Crippen molar-refractivity contribution in [3.05, 3.63) is 29.8 Å². The molecule has 0 aliphatic rings. The van der Waals surface area contributed by atoms with Crippen LogP contribution in [0.3, 0.4) is 0 Å². The van der Waals surface area contributed by atoms with Crippen LogP contribution in [0.2, 0.25) is 0 Å². The third-order valence-electron chi connectivity index (χ3n) is 3.02. The summed E-state index contributed by atoms with van der Waals surface area (Å²) < 4.78 is 26.7. The standard InChI is InChI=1S/C13H21N3O3S/c1-13(2,12(17)15-3)9-16-20(18,19)11-6-4-10(8-14)5-7-11/h4-7,16H,8-9,14H2,1-3H3,(H,15,17). The Balaban J connectivity index is 2.82. The topological polar surface area (TPSA) is 101 Å². The summed E-state index contributed by atoms with van der Waals surface area (Å²) in [6.45, 7) is 3.73. The Bertz CT molecular complexity index is 565. The molecule has 0 bridgehead atoms. The lowest BCUT2D eigenvalue weighted by molar-refractivity contribution is -0.128. The van der Waals surface area contributed by atoms with E-state index in [9.17, 15) is 13.2 Å². The van der Waals surface area contributed by atoms with E-state index >= 15 is 0 Å². The number of nitrogens with two attached hydrogens (primary N) is 1. The number of hydrogen-bond donors (Lipinski definition) is 3. The van der Waals surface area contributed by atoms with Crippen LogP contribution in [0.25, 0.3) is 0 Å². The largest absolute Gasteiger partial charge is 0.359 e. The first kappa shape index (κ1) is 16.6. The van der Waals surface area contributed by atoms with Gasteiger partial charge in [0.15, 0.2) is 0 Å². The molecule has 0 saturated carbocycles. The van der Waals surface area contributed by atoms with Crippen LogP contribution >= 0.6 is 0 Å². The normalized spacial score (nSPS) is 12.2. The number of nitrogens with one attached hydrogen (secondary N) is 2. The number of carbonyl (C=O) groups excluding carboxylic acids is 1. The van der Waals surface area contributed by atoms with Crippen molar-refractivity contribution in [1.29, 1.82) is 0 Å². The zero-order chi connectivity index (χ0) is 15.4. The summed E-state index contributed by atoms with van der Waals surface area (Å²) in [5, 5.41) is 2.51. The van der Waals surface area contributed by atoms with E-state index < -0.39 is 15.4 Å². The van der Waals surface area contributed by atoms with E-state index in [1.165, 1.54) is 19.2 Å². The first-order chi connectivity index (χ1) is 9.23. The summed E-state index contributed by atoms with van der Waals surface area (Å²) in [6.07, 6.45) is 0. The first-order valence-electron chi connectivity index (χ1n) is 6.24. The highest BCUT2D eigenvalue weighted by Gasteiger charge is 2.28. The lowest BCUT2D eigenvalue weighted by atomic mass is 9.93. The molecule has 0 atom stereocenters. The number of sulfonamides is 1. The van der Waals surface area contributed by atoms with Crippen molar-refractivity contribution in [1.82, 2.24) is 10.0 Å². The maximum atomic E-state index is 12.1. The summed E-state index contributed by atoms with van der Waals surface area (Å²) in [4.78, 5) is 11.8. The highest BCUT2D eigenvalue weighted by atomic mass is 32.2. The van der Waals surface area contributed by atoms with Gasteiger partial charge < -0.3 is 11.1 Å². The van der Waals surface area contributed by atoms with Crippen molar-refractivity contribution in [2.75, 3.05) is 13.6 Å². The van der Waals surface area contributed by atoms with Crippen LogP contribution in [0.15, 0.2) is 29.2 Å². The molecule has 112 valence electrons. The zero-order valence-electron chi connectivity index (χ0n) is 11.9. The predicted molar refractivity (Wildman–Crippen MR) is 77.4 cm³/mol. The summed E-state index contributed by atoms with van der Waals surface area (Å²) >= 11 is 0. The van der Waals surface area contributed by atoms with Gasteiger partial charge in [0.05, 0.1) is 10.3 Å². The maximum Gasteiger partial charge on any atom is 0.240 e. The molecule has 0 spiro atoms. The smallest absolute Gasteiger partial charge is 0.240 e. The molecule has 1 rings (SSSR count). The minimum Gasteiger partial charge on any atom is -0.359 e. The SMILES string of the molecule is CNC(=O)C(C)(C)CNS(=O)(=O)c1ccc(CN)cc1. The third kappa shape index (κ3) is 4.03. The van der Waals surface area contributed by atoms with Crippen LogP contribution in [-0.2, 0) is 21.4 Å². The van der Waals surface area contributed by atoms with E-state index in [-0.39, 0.29) is 17.3 Å². The fourth-order valence-electron chi connectivity index (χ4n) is 1.58. The Morgan fingerprint density at radius 2 is 1.80 bits per heavy atom. The second-order valence-corrected chi connectivity index (χ2v) is 6.90. The molecule has 6 nitrogen and oxygen atoms in total. The molecule has 20 heavy (non-hydrogen) atoms. The van der Waals surface area contributed by atoms with Crippen molar-refractivity contribution in [2.24, 2.45) is 11.1 Å². The van der Waals surface area contributed by atoms with Crippen LogP contribution in [0.4, 0.5) is 0 Å². The summed E-state index contributed by atoms with van der Waals surface area (Å²) in [5.41, 5.74) is 5.50. The average Bonchev–Trinajstić information content (AvgIpc) is 2.44. The molecule has 7 heteroatoms. The molecule has 0 radical (unpaired) electrons. The van der Waals surface area contributed by atoms with Gasteiger partial charge in [0.1, 0.15) is 0 Å². The molecule has 1 aromatic rings. The molecule has 0 heterocycles. The van der Waals surface area contributed by atoms with E-state index in [1.807, 2.05) is 0 Å². The minimum absolute atomic E-state index is 0.0215. The van der Waals surface area contributed by atoms with Gasteiger partial charge in [-0.25, -0.2) is 13.1 Å². The van der Waals surface area contributed by atoms with Gasteiger partial charge >= 0.3 is 0 Å². The van der Waals surface area contributed by atoms with Crippen molar-refractivity contribution in [3.63, 3.8) is 0 Å². The lowest BCUT2D eigenvalue weighted by Gasteiger charge is -2.22. The van der Waals surface area contributed by atoms with Crippen LogP contribution in [0, 0.1) is 5.41 Å². The monoisotopic (exact) mass is 299 g/mol. The molecular formula is C13H21N3O3S. The van der Waals surface area contributed by atoms with Gasteiger partial charge in [0.2, 0.25) is 15.9 Å². The maximum absolute atomic E-state index is 12.1. The van der Waals surface area contributed by atoms with Gasteiger partial charge in [0, 0.05) is 20.1 Å². The zero-order valence-corrected chi connectivity index (χ0v) is 12.8. The summed E-state index contributed by atoms with van der Waals surface area (Å²) in [5.74, 6) is -0.223. The number of amides is 1. The number of benzene rings is 1. The Morgan fingerprint density at radius 3 is 2.25 bits per heavy atom. The van der Waals surface area contributed by atoms with Gasteiger partial charge in [-0.3, -0.25) is 4.79 Å². The molecule has 0 aliphatic carbocycles. The van der Waals surface area contributed by atoms with Gasteiger partial charge in [-0.1, -0.05) is 12.1 Å². The Morgan fingerprint density at radius 1 is 1.25 bits per heavy atom. The third-order valence-corrected chi connectivity index (χ3v) is 4.43. The molecule has 4 N–H and O–H groups in total. The van der Waals surface area contributed by atoms with Crippen molar-refractivity contribution in [2.45, 2.75) is 25.3 Å². The molecule has 0 unspecified atom stereocenters. The fraction of sp³-hybridized carbons (Fsp3) is 0.462. The van der Waals surface area contributed by atoms with Crippen LogP contribution in [0.5, 0.6) is 0 Å². The van der Waals surface area contributed by atoms with E-state index in [2.05, 4.69) is 10.0 Å². The van der Waals surface area contributed by atoms with Gasteiger partial charge in [-0.05, 0) is 31.5 Å².